The number of aliphatic hydroxyl groups is 1. The summed E-state index contributed by atoms with van der Waals surface area (Å²) in [5.74, 6) is -0.378. The van der Waals surface area contributed by atoms with E-state index in [-0.39, 0.29) is 40.8 Å². The van der Waals surface area contributed by atoms with E-state index in [2.05, 4.69) is 71.6 Å². The average Bonchev–Trinajstić information content (AvgIpc) is 3.84. The standard InChI is InChI=1S/C60H88O7/c1-13-14-15-16-17-18-19-20-21-22-23-24-25-26-27-38-55(63)66-52-42-57(9,10)60(59(12,44-52)67-60)45-53(62)49(5)37-31-36-47(3)33-29-28-32-46(2)34-30-35-48(4)39-40-54-56(7,8)41-51(65-50(6)61)43-58(54,11)64/h17-18,20-21,28-37,39,51-52,64H,13-16,19,22-27,38,41-45H2,1-12H3/b18-17-,21-20-,29-28+,34-30+,36-31+,46-32+,47-33+,48-35+,49-37+/t40?,51?,52?,58-,59?,60?/m1/s1. The Balaban J connectivity index is 1.40. The fraction of sp³-hybridized carbons (Fsp3) is 0.600. The predicted molar refractivity (Wildman–Crippen MR) is 277 cm³/mol. The molecule has 67 heavy (non-hydrogen) atoms. The molecule has 0 amide bonds. The molecule has 0 aromatic heterocycles. The van der Waals surface area contributed by atoms with Gasteiger partial charge >= 0.3 is 11.9 Å². The Morgan fingerprint density at radius 1 is 0.672 bits per heavy atom. The number of Topliss-reactive ketones (excluding diaryl/α,β-unsaturated/α-hetero) is 1. The number of epoxide rings is 1. The number of fused-ring (bicyclic) bond motifs is 1. The average molecular weight is 921 g/mol. The van der Waals surface area contributed by atoms with Crippen LogP contribution in [0.1, 0.15) is 192 Å². The lowest BCUT2D eigenvalue weighted by atomic mass is 9.61. The highest BCUT2D eigenvalue weighted by atomic mass is 16.6. The zero-order valence-electron chi connectivity index (χ0n) is 43.7. The summed E-state index contributed by atoms with van der Waals surface area (Å²) in [6.45, 7) is 23.8. The first-order valence-electron chi connectivity index (χ1n) is 25.4. The topological polar surface area (TPSA) is 102 Å². The summed E-state index contributed by atoms with van der Waals surface area (Å²) >= 11 is 0. The number of allylic oxidation sites excluding steroid dienone is 18. The molecular weight excluding hydrogens is 833 g/mol. The number of ether oxygens (including phenoxy) is 3. The highest BCUT2D eigenvalue weighted by Gasteiger charge is 2.76. The van der Waals surface area contributed by atoms with Gasteiger partial charge in [0.05, 0.1) is 11.2 Å². The molecule has 1 N–H and O–H groups in total. The molecule has 2 saturated carbocycles. The Morgan fingerprint density at radius 3 is 1.84 bits per heavy atom. The van der Waals surface area contributed by atoms with E-state index in [4.69, 9.17) is 14.2 Å². The second kappa shape index (κ2) is 27.0. The van der Waals surface area contributed by atoms with E-state index in [1.165, 1.54) is 45.4 Å². The maximum absolute atomic E-state index is 13.6. The maximum atomic E-state index is 13.6. The molecule has 0 bridgehead atoms. The fourth-order valence-corrected chi connectivity index (χ4v) is 10.1. The van der Waals surface area contributed by atoms with Crippen LogP contribution >= 0.6 is 0 Å². The Labute approximate surface area is 406 Å². The van der Waals surface area contributed by atoms with Crippen molar-refractivity contribution in [2.75, 3.05) is 0 Å². The molecule has 7 heteroatoms. The number of carbonyl (C=O) groups excluding carboxylic acids is 3. The molecule has 1 heterocycles. The highest BCUT2D eigenvalue weighted by molar-refractivity contribution is 5.96. The summed E-state index contributed by atoms with van der Waals surface area (Å²) < 4.78 is 17.9. The number of unbranched alkanes of at least 4 members (excludes halogenated alkanes) is 8. The van der Waals surface area contributed by atoms with E-state index in [9.17, 15) is 19.5 Å². The minimum Gasteiger partial charge on any atom is -0.462 e. The molecule has 1 aliphatic heterocycles. The van der Waals surface area contributed by atoms with Crippen LogP contribution < -0.4 is 0 Å². The van der Waals surface area contributed by atoms with Gasteiger partial charge in [-0.3, -0.25) is 14.4 Å². The van der Waals surface area contributed by atoms with Crippen molar-refractivity contribution in [2.45, 2.75) is 221 Å². The molecule has 0 radical (unpaired) electrons. The van der Waals surface area contributed by atoms with Crippen molar-refractivity contribution in [3.8, 4) is 0 Å². The molecule has 370 valence electrons. The van der Waals surface area contributed by atoms with Gasteiger partial charge in [-0.1, -0.05) is 163 Å². The van der Waals surface area contributed by atoms with Crippen LogP contribution in [-0.4, -0.2) is 51.8 Å². The van der Waals surface area contributed by atoms with Crippen LogP contribution in [0, 0.1) is 10.8 Å². The van der Waals surface area contributed by atoms with Gasteiger partial charge in [0, 0.05) is 43.6 Å². The SMILES string of the molecule is CCCCC/C=C\C/C=C\CCCCCCCC(=O)OC1CC(C)(C)C2(CC(=O)/C(C)=C/C=C/C(C)=C/C=C/C=C(C)/C=C/C=C(\C)C=C=C3C(C)(C)CC(OC(C)=O)C[C@@]3(C)O)OC2(C)C1. The fourth-order valence-electron chi connectivity index (χ4n) is 10.1. The van der Waals surface area contributed by atoms with E-state index >= 15 is 0 Å². The van der Waals surface area contributed by atoms with Gasteiger partial charge in [-0.05, 0) is 116 Å². The Kier molecular flexibility index (Phi) is 23.0. The van der Waals surface area contributed by atoms with Crippen molar-refractivity contribution in [3.63, 3.8) is 0 Å². The Hall–Kier alpha value is -4.29. The van der Waals surface area contributed by atoms with E-state index < -0.39 is 16.8 Å². The van der Waals surface area contributed by atoms with Crippen molar-refractivity contribution in [1.82, 2.24) is 0 Å². The van der Waals surface area contributed by atoms with E-state index in [1.807, 2.05) is 94.5 Å². The van der Waals surface area contributed by atoms with Gasteiger partial charge in [0.1, 0.15) is 17.8 Å². The Morgan fingerprint density at radius 2 is 1.24 bits per heavy atom. The van der Waals surface area contributed by atoms with Gasteiger partial charge in [-0.15, -0.1) is 5.73 Å². The molecule has 1 saturated heterocycles. The summed E-state index contributed by atoms with van der Waals surface area (Å²) in [4.78, 5) is 37.9. The van der Waals surface area contributed by atoms with Gasteiger partial charge in [-0.25, -0.2) is 0 Å². The van der Waals surface area contributed by atoms with Gasteiger partial charge in [0.2, 0.25) is 0 Å². The highest BCUT2D eigenvalue weighted by Crippen LogP contribution is 2.67. The van der Waals surface area contributed by atoms with Crippen LogP contribution in [0.2, 0.25) is 0 Å². The summed E-state index contributed by atoms with van der Waals surface area (Å²) in [6.07, 6.45) is 46.1. The smallest absolute Gasteiger partial charge is 0.306 e. The summed E-state index contributed by atoms with van der Waals surface area (Å²) in [5.41, 5.74) is 5.12. The number of esters is 2. The predicted octanol–water partition coefficient (Wildman–Crippen LogP) is 15.1. The quantitative estimate of drug-likeness (QED) is 0.0175. The third-order valence-corrected chi connectivity index (χ3v) is 13.7. The lowest BCUT2D eigenvalue weighted by Crippen LogP contribution is -2.49. The molecule has 5 atom stereocenters. The number of carbonyl (C=O) groups is 3. The first-order valence-corrected chi connectivity index (χ1v) is 25.4. The van der Waals surface area contributed by atoms with Crippen LogP contribution in [0.25, 0.3) is 0 Å². The first-order chi connectivity index (χ1) is 31.6. The largest absolute Gasteiger partial charge is 0.462 e. The molecule has 0 spiro atoms. The molecule has 7 nitrogen and oxygen atoms in total. The second-order valence-electron chi connectivity index (χ2n) is 21.3. The normalized spacial score (nSPS) is 26.7. The van der Waals surface area contributed by atoms with Crippen LogP contribution in [0.15, 0.2) is 125 Å². The number of ketones is 1. The lowest BCUT2D eigenvalue weighted by molar-refractivity contribution is -0.154. The van der Waals surface area contributed by atoms with E-state index in [0.717, 1.165) is 54.4 Å². The summed E-state index contributed by atoms with van der Waals surface area (Å²) in [7, 11) is 0. The zero-order valence-corrected chi connectivity index (χ0v) is 43.7. The van der Waals surface area contributed by atoms with Crippen LogP contribution in [-0.2, 0) is 28.6 Å². The molecule has 3 rings (SSSR count). The maximum Gasteiger partial charge on any atom is 0.306 e. The molecule has 3 aliphatic rings. The van der Waals surface area contributed by atoms with Gasteiger partial charge in [-0.2, -0.15) is 0 Å². The number of hydrogen-bond donors (Lipinski definition) is 1. The van der Waals surface area contributed by atoms with Crippen molar-refractivity contribution >= 4 is 17.7 Å². The van der Waals surface area contributed by atoms with Crippen molar-refractivity contribution in [2.24, 2.45) is 10.8 Å². The number of rotatable bonds is 26. The third-order valence-electron chi connectivity index (χ3n) is 13.7. The molecule has 2 aliphatic carbocycles. The first kappa shape index (κ1) is 57.0. The monoisotopic (exact) mass is 921 g/mol. The molecule has 0 aromatic rings. The second-order valence-corrected chi connectivity index (χ2v) is 21.3. The van der Waals surface area contributed by atoms with E-state index in [0.29, 0.717) is 44.1 Å². The lowest BCUT2D eigenvalue weighted by Gasteiger charge is -2.44. The molecule has 3 fully saturated rings. The van der Waals surface area contributed by atoms with Gasteiger partial charge < -0.3 is 19.3 Å². The summed E-state index contributed by atoms with van der Waals surface area (Å²) in [6, 6.07) is 0. The van der Waals surface area contributed by atoms with Crippen LogP contribution in [0.4, 0.5) is 0 Å². The summed E-state index contributed by atoms with van der Waals surface area (Å²) in [5, 5.41) is 11.2. The minimum atomic E-state index is -1.12. The van der Waals surface area contributed by atoms with Crippen LogP contribution in [0.5, 0.6) is 0 Å². The van der Waals surface area contributed by atoms with Crippen molar-refractivity contribution < 1.29 is 33.7 Å². The van der Waals surface area contributed by atoms with Crippen molar-refractivity contribution in [1.29, 1.82) is 0 Å². The van der Waals surface area contributed by atoms with Crippen molar-refractivity contribution in [3.05, 3.63) is 125 Å². The molecule has 0 aromatic carbocycles. The molecular formula is C60H88O7. The van der Waals surface area contributed by atoms with E-state index in [1.54, 1.807) is 6.92 Å². The minimum absolute atomic E-state index is 0.0727. The van der Waals surface area contributed by atoms with Gasteiger partial charge in [0.15, 0.2) is 5.78 Å². The third kappa shape index (κ3) is 19.0. The number of hydrogen-bond acceptors (Lipinski definition) is 7. The van der Waals surface area contributed by atoms with Crippen LogP contribution in [0.3, 0.4) is 0 Å². The molecule has 4 unspecified atom stereocenters. The van der Waals surface area contributed by atoms with Gasteiger partial charge in [0.25, 0.3) is 0 Å². The zero-order chi connectivity index (χ0) is 49.7. The Bertz CT molecular complexity index is 2000.